The summed E-state index contributed by atoms with van der Waals surface area (Å²) in [5.74, 6) is -0.400. The number of nitrogens with one attached hydrogen (secondary N) is 1. The summed E-state index contributed by atoms with van der Waals surface area (Å²) < 4.78 is 5.04. The van der Waals surface area contributed by atoms with Gasteiger partial charge in [-0.15, -0.1) is 0 Å². The van der Waals surface area contributed by atoms with Gasteiger partial charge in [-0.2, -0.15) is 0 Å². The molecule has 122 valence electrons. The Balaban J connectivity index is 2.94. The van der Waals surface area contributed by atoms with Gasteiger partial charge < -0.3 is 15.0 Å². The van der Waals surface area contributed by atoms with E-state index in [4.69, 9.17) is 4.74 Å². The number of amides is 2. The van der Waals surface area contributed by atoms with E-state index in [9.17, 15) is 9.59 Å². The van der Waals surface area contributed by atoms with Crippen molar-refractivity contribution in [3.8, 4) is 0 Å². The van der Waals surface area contributed by atoms with Crippen molar-refractivity contribution in [2.24, 2.45) is 0 Å². The molecule has 0 saturated heterocycles. The Kier molecular flexibility index (Phi) is 6.40. The molecule has 1 N–H and O–H groups in total. The number of hydrogen-bond donors (Lipinski definition) is 1. The van der Waals surface area contributed by atoms with Gasteiger partial charge in [-0.3, -0.25) is 0 Å². The molecule has 0 spiro atoms. The number of carbonyl (C=O) groups is 2. The monoisotopic (exact) mass is 306 g/mol. The minimum atomic E-state index is -0.650. The van der Waals surface area contributed by atoms with Gasteiger partial charge >= 0.3 is 12.0 Å². The largest absolute Gasteiger partial charge is 0.464 e. The molecule has 1 aromatic rings. The van der Waals surface area contributed by atoms with Gasteiger partial charge in [-0.25, -0.2) is 9.59 Å². The highest BCUT2D eigenvalue weighted by Crippen LogP contribution is 2.12. The third-order valence-corrected chi connectivity index (χ3v) is 3.03. The third-order valence-electron chi connectivity index (χ3n) is 3.03. The smallest absolute Gasteiger partial charge is 0.328 e. The predicted octanol–water partition coefficient (Wildman–Crippen LogP) is 2.95. The number of urea groups is 1. The zero-order valence-corrected chi connectivity index (χ0v) is 14.1. The molecule has 1 aromatic carbocycles. The van der Waals surface area contributed by atoms with Crippen LogP contribution in [0.15, 0.2) is 30.3 Å². The van der Waals surface area contributed by atoms with Crippen LogP contribution in [-0.4, -0.2) is 35.1 Å². The van der Waals surface area contributed by atoms with E-state index in [0.717, 1.165) is 5.56 Å². The topological polar surface area (TPSA) is 58.6 Å². The molecule has 0 aliphatic rings. The van der Waals surface area contributed by atoms with Crippen LogP contribution < -0.4 is 5.32 Å². The van der Waals surface area contributed by atoms with E-state index in [2.05, 4.69) is 5.32 Å². The molecule has 0 heterocycles. The first kappa shape index (κ1) is 18.0. The van der Waals surface area contributed by atoms with Gasteiger partial charge in [0.05, 0.1) is 6.61 Å². The van der Waals surface area contributed by atoms with Gasteiger partial charge in [-0.1, -0.05) is 30.3 Å². The molecule has 0 aromatic heterocycles. The van der Waals surface area contributed by atoms with E-state index < -0.39 is 12.0 Å². The normalized spacial score (nSPS) is 12.4. The molecule has 5 heteroatoms. The molecule has 2 amide bonds. The van der Waals surface area contributed by atoms with Crippen molar-refractivity contribution in [1.29, 1.82) is 0 Å². The van der Waals surface area contributed by atoms with Crippen LogP contribution in [0.2, 0.25) is 0 Å². The van der Waals surface area contributed by atoms with Crippen molar-refractivity contribution in [2.75, 3.05) is 6.61 Å². The number of carbonyl (C=O) groups excluding carboxylic acids is 2. The Bertz CT molecular complexity index is 494. The minimum absolute atomic E-state index is 0.281. The first-order chi connectivity index (χ1) is 10.2. The fraction of sp³-hybridized carbons (Fsp3) is 0.529. The average molecular weight is 306 g/mol. The summed E-state index contributed by atoms with van der Waals surface area (Å²) in [6, 6.07) is 8.65. The van der Waals surface area contributed by atoms with Crippen LogP contribution in [0.4, 0.5) is 4.79 Å². The summed E-state index contributed by atoms with van der Waals surface area (Å²) in [6.07, 6.45) is 0. The Hall–Kier alpha value is -2.04. The average Bonchev–Trinajstić information content (AvgIpc) is 2.43. The van der Waals surface area contributed by atoms with Crippen molar-refractivity contribution in [2.45, 2.75) is 52.7 Å². The number of benzene rings is 1. The maximum absolute atomic E-state index is 12.5. The second kappa shape index (κ2) is 7.82. The van der Waals surface area contributed by atoms with Gasteiger partial charge in [0.2, 0.25) is 0 Å². The van der Waals surface area contributed by atoms with Crippen LogP contribution in [0.5, 0.6) is 0 Å². The van der Waals surface area contributed by atoms with Crippen molar-refractivity contribution >= 4 is 12.0 Å². The Morgan fingerprint density at radius 2 is 1.82 bits per heavy atom. The van der Waals surface area contributed by atoms with E-state index in [0.29, 0.717) is 13.2 Å². The molecule has 1 atom stereocenters. The molecule has 22 heavy (non-hydrogen) atoms. The number of rotatable bonds is 5. The molecular formula is C17H26N2O3. The van der Waals surface area contributed by atoms with Gasteiger partial charge in [-0.05, 0) is 40.2 Å². The molecule has 5 nitrogen and oxygen atoms in total. The van der Waals surface area contributed by atoms with Crippen LogP contribution >= 0.6 is 0 Å². The van der Waals surface area contributed by atoms with Gasteiger partial charge in [0.15, 0.2) is 0 Å². The quantitative estimate of drug-likeness (QED) is 0.851. The SMILES string of the molecule is CCOC(=O)C(C)N(Cc1ccccc1)C(=O)NC(C)(C)C. The molecule has 1 unspecified atom stereocenters. The van der Waals surface area contributed by atoms with Crippen LogP contribution in [-0.2, 0) is 16.1 Å². The second-order valence-electron chi connectivity index (χ2n) is 6.22. The summed E-state index contributed by atoms with van der Waals surface area (Å²) in [5.41, 5.74) is 0.586. The van der Waals surface area contributed by atoms with E-state index in [1.165, 1.54) is 4.90 Å². The lowest BCUT2D eigenvalue weighted by molar-refractivity contribution is -0.148. The maximum Gasteiger partial charge on any atom is 0.328 e. The van der Waals surface area contributed by atoms with Crippen LogP contribution in [0.25, 0.3) is 0 Å². The molecule has 1 rings (SSSR count). The summed E-state index contributed by atoms with van der Waals surface area (Å²) in [5, 5.41) is 2.90. The molecule has 0 aliphatic carbocycles. The van der Waals surface area contributed by atoms with Crippen LogP contribution in [0, 0.1) is 0 Å². The summed E-state index contributed by atoms with van der Waals surface area (Å²) in [7, 11) is 0. The molecule has 0 bridgehead atoms. The van der Waals surface area contributed by atoms with Crippen molar-refractivity contribution in [1.82, 2.24) is 10.2 Å². The van der Waals surface area contributed by atoms with Gasteiger partial charge in [0.1, 0.15) is 6.04 Å². The van der Waals surface area contributed by atoms with Crippen molar-refractivity contribution in [3.05, 3.63) is 35.9 Å². The maximum atomic E-state index is 12.5. The fourth-order valence-electron chi connectivity index (χ4n) is 1.95. The fourth-order valence-corrected chi connectivity index (χ4v) is 1.95. The van der Waals surface area contributed by atoms with E-state index in [1.54, 1.807) is 13.8 Å². The summed E-state index contributed by atoms with van der Waals surface area (Å²) in [6.45, 7) is 9.79. The van der Waals surface area contributed by atoms with E-state index in [-0.39, 0.29) is 11.6 Å². The number of ether oxygens (including phenoxy) is 1. The summed E-state index contributed by atoms with van der Waals surface area (Å²) >= 11 is 0. The van der Waals surface area contributed by atoms with E-state index in [1.807, 2.05) is 51.1 Å². The number of esters is 1. The Labute approximate surface area is 132 Å². The first-order valence-corrected chi connectivity index (χ1v) is 7.54. The zero-order valence-electron chi connectivity index (χ0n) is 14.1. The molecule has 0 fully saturated rings. The molecule has 0 radical (unpaired) electrons. The van der Waals surface area contributed by atoms with Crippen LogP contribution in [0.3, 0.4) is 0 Å². The minimum Gasteiger partial charge on any atom is -0.464 e. The first-order valence-electron chi connectivity index (χ1n) is 7.54. The molecular weight excluding hydrogens is 280 g/mol. The molecule has 0 saturated carbocycles. The van der Waals surface area contributed by atoms with E-state index >= 15 is 0 Å². The Morgan fingerprint density at radius 1 is 1.23 bits per heavy atom. The predicted molar refractivity (Wildman–Crippen MR) is 86.4 cm³/mol. The van der Waals surface area contributed by atoms with Crippen LogP contribution in [0.1, 0.15) is 40.2 Å². The van der Waals surface area contributed by atoms with Gasteiger partial charge in [0.25, 0.3) is 0 Å². The number of hydrogen-bond acceptors (Lipinski definition) is 3. The lowest BCUT2D eigenvalue weighted by Crippen LogP contribution is -2.53. The highest BCUT2D eigenvalue weighted by Gasteiger charge is 2.29. The Morgan fingerprint density at radius 3 is 2.32 bits per heavy atom. The number of nitrogens with zero attached hydrogens (tertiary/aromatic N) is 1. The second-order valence-corrected chi connectivity index (χ2v) is 6.22. The highest BCUT2D eigenvalue weighted by molar-refractivity contribution is 5.83. The van der Waals surface area contributed by atoms with Gasteiger partial charge in [0, 0.05) is 12.1 Å². The van der Waals surface area contributed by atoms with Crippen molar-refractivity contribution < 1.29 is 14.3 Å². The lowest BCUT2D eigenvalue weighted by Gasteiger charge is -2.31. The molecule has 0 aliphatic heterocycles. The third kappa shape index (κ3) is 5.76. The highest BCUT2D eigenvalue weighted by atomic mass is 16.5. The van der Waals surface area contributed by atoms with Crippen molar-refractivity contribution in [3.63, 3.8) is 0 Å². The summed E-state index contributed by atoms with van der Waals surface area (Å²) in [4.78, 5) is 26.0. The standard InChI is InChI=1S/C17H26N2O3/c1-6-22-15(20)13(2)19(16(21)18-17(3,4)5)12-14-10-8-7-9-11-14/h7-11,13H,6,12H2,1-5H3,(H,18,21). The lowest BCUT2D eigenvalue weighted by atomic mass is 10.1. The zero-order chi connectivity index (χ0) is 16.8.